The number of Topliss-reactive ketones (excluding diaryl/α,β-unsaturated/α-hetero) is 1. The van der Waals surface area contributed by atoms with E-state index in [1.165, 1.54) is 5.69 Å². The molecule has 1 aromatic carbocycles. The third-order valence-electron chi connectivity index (χ3n) is 7.82. The van der Waals surface area contributed by atoms with Crippen LogP contribution in [0, 0.1) is 30.1 Å². The lowest BCUT2D eigenvalue weighted by Crippen LogP contribution is -2.51. The third-order valence-corrected chi connectivity index (χ3v) is 7.82. The number of aryl methyl sites for hydroxylation is 1. The molecule has 7 heteroatoms. The second-order valence-corrected chi connectivity index (χ2v) is 11.7. The fraction of sp³-hybridized carbons (Fsp3) is 0.679. The zero-order valence-electron chi connectivity index (χ0n) is 21.9. The van der Waals surface area contributed by atoms with Gasteiger partial charge in [-0.25, -0.2) is 4.79 Å². The Morgan fingerprint density at radius 3 is 2.54 bits per heavy atom. The Morgan fingerprint density at radius 1 is 1.17 bits per heavy atom. The maximum Gasteiger partial charge on any atom is 0.411 e. The maximum absolute atomic E-state index is 13.5. The number of anilines is 1. The monoisotopic (exact) mass is 480 g/mol. The Hall–Kier alpha value is -2.59. The quantitative estimate of drug-likeness (QED) is 0.608. The van der Waals surface area contributed by atoms with E-state index >= 15 is 0 Å². The molecule has 4 atom stereocenters. The van der Waals surface area contributed by atoms with E-state index in [4.69, 9.17) is 4.74 Å². The molecule has 0 spiro atoms. The van der Waals surface area contributed by atoms with E-state index < -0.39 is 23.7 Å². The van der Waals surface area contributed by atoms with Gasteiger partial charge in [-0.3, -0.25) is 9.69 Å². The van der Waals surface area contributed by atoms with Gasteiger partial charge >= 0.3 is 6.09 Å². The van der Waals surface area contributed by atoms with Crippen molar-refractivity contribution in [3.8, 4) is 6.07 Å². The van der Waals surface area contributed by atoms with Crippen LogP contribution in [0.2, 0.25) is 0 Å². The molecule has 3 aliphatic rings. The van der Waals surface area contributed by atoms with Gasteiger partial charge in [0.25, 0.3) is 0 Å². The number of fused-ring (bicyclic) bond motifs is 2. The first-order valence-corrected chi connectivity index (χ1v) is 13.0. The van der Waals surface area contributed by atoms with Crippen LogP contribution in [0.3, 0.4) is 0 Å². The molecule has 3 fully saturated rings. The lowest BCUT2D eigenvalue weighted by atomic mass is 9.87. The Kier molecular flexibility index (Phi) is 7.42. The van der Waals surface area contributed by atoms with Gasteiger partial charge in [0.2, 0.25) is 0 Å². The molecule has 1 aromatic rings. The zero-order chi connectivity index (χ0) is 25.3. The summed E-state index contributed by atoms with van der Waals surface area (Å²) in [7, 11) is 2.15. The lowest BCUT2D eigenvalue weighted by molar-refractivity contribution is -0.126. The first-order chi connectivity index (χ1) is 16.6. The highest BCUT2D eigenvalue weighted by Gasteiger charge is 2.52. The molecular weight excluding hydrogens is 440 g/mol. The second-order valence-electron chi connectivity index (χ2n) is 11.7. The average molecular weight is 481 g/mol. The molecule has 2 bridgehead atoms. The smallest absolute Gasteiger partial charge is 0.411 e. The van der Waals surface area contributed by atoms with E-state index in [-0.39, 0.29) is 24.2 Å². The number of hydrogen-bond acceptors (Lipinski definition) is 6. The highest BCUT2D eigenvalue weighted by molar-refractivity contribution is 5.89. The number of piperidine rings is 1. The Labute approximate surface area is 210 Å². The van der Waals surface area contributed by atoms with Crippen molar-refractivity contribution < 1.29 is 14.3 Å². The van der Waals surface area contributed by atoms with Gasteiger partial charge in [-0.05, 0) is 89.6 Å². The summed E-state index contributed by atoms with van der Waals surface area (Å²) in [6, 6.07) is 8.48. The first-order valence-electron chi connectivity index (χ1n) is 13.0. The highest BCUT2D eigenvalue weighted by atomic mass is 16.6. The Morgan fingerprint density at radius 2 is 1.89 bits per heavy atom. The van der Waals surface area contributed by atoms with Crippen molar-refractivity contribution in [1.82, 2.24) is 9.80 Å². The van der Waals surface area contributed by atoms with Gasteiger partial charge in [0.15, 0.2) is 5.78 Å². The fourth-order valence-corrected chi connectivity index (χ4v) is 5.91. The number of carbonyl (C=O) groups is 2. The van der Waals surface area contributed by atoms with Crippen molar-refractivity contribution in [2.24, 2.45) is 11.8 Å². The SMILES string of the molecule is Cc1ccc(N2CCN(C)CC2)cc1C[C@@H](C#N)CC(=O)[C@@H]1[C@H]2CC[C@H](C2)N1C(=O)OC(C)(C)C. The van der Waals surface area contributed by atoms with Crippen LogP contribution in [0.1, 0.15) is 57.6 Å². The summed E-state index contributed by atoms with van der Waals surface area (Å²) >= 11 is 0. The molecule has 2 aliphatic heterocycles. The van der Waals surface area contributed by atoms with Gasteiger partial charge in [0, 0.05) is 44.3 Å². The molecule has 4 rings (SSSR count). The number of amides is 1. The number of ether oxygens (including phenoxy) is 1. The molecule has 0 N–H and O–H groups in total. The van der Waals surface area contributed by atoms with Crippen molar-refractivity contribution in [1.29, 1.82) is 5.26 Å². The summed E-state index contributed by atoms with van der Waals surface area (Å²) in [4.78, 5) is 32.9. The number of hydrogen-bond donors (Lipinski definition) is 0. The molecular formula is C28H40N4O3. The summed E-state index contributed by atoms with van der Waals surface area (Å²) < 4.78 is 5.64. The van der Waals surface area contributed by atoms with Crippen LogP contribution in [0.4, 0.5) is 10.5 Å². The van der Waals surface area contributed by atoms with Gasteiger partial charge in [-0.2, -0.15) is 5.26 Å². The molecule has 0 unspecified atom stereocenters. The summed E-state index contributed by atoms with van der Waals surface area (Å²) in [5.41, 5.74) is 2.85. The van der Waals surface area contributed by atoms with E-state index in [1.54, 1.807) is 4.90 Å². The van der Waals surface area contributed by atoms with Crippen molar-refractivity contribution in [3.63, 3.8) is 0 Å². The maximum atomic E-state index is 13.5. The molecule has 35 heavy (non-hydrogen) atoms. The number of rotatable bonds is 6. The molecule has 1 aliphatic carbocycles. The third kappa shape index (κ3) is 5.81. The average Bonchev–Trinajstić information content (AvgIpc) is 3.41. The molecule has 0 radical (unpaired) electrons. The van der Waals surface area contributed by atoms with Gasteiger partial charge in [-0.15, -0.1) is 0 Å². The topological polar surface area (TPSA) is 76.9 Å². The van der Waals surface area contributed by atoms with Crippen LogP contribution in [-0.2, 0) is 16.0 Å². The Balaban J connectivity index is 1.45. The van der Waals surface area contributed by atoms with Crippen molar-refractivity contribution in [2.45, 2.75) is 77.5 Å². The molecule has 1 amide bonds. The number of likely N-dealkylation sites (N-methyl/N-ethyl adjacent to an activating group) is 1. The summed E-state index contributed by atoms with van der Waals surface area (Å²) in [5.74, 6) is -0.229. The van der Waals surface area contributed by atoms with Crippen LogP contribution < -0.4 is 4.90 Å². The van der Waals surface area contributed by atoms with Crippen LogP contribution >= 0.6 is 0 Å². The van der Waals surface area contributed by atoms with Gasteiger partial charge in [0.1, 0.15) is 5.60 Å². The molecule has 2 saturated heterocycles. The standard InChI is InChI=1S/C28H40N4O3/c1-19-6-8-23(31-12-10-30(5)11-13-31)17-22(19)14-20(18-29)15-25(33)26-21-7-9-24(16-21)32(26)27(34)35-28(2,3)4/h6,8,17,20-21,24,26H,7,9-16H2,1-5H3/t20-,21+,24-,26+/m1/s1. The fourth-order valence-electron chi connectivity index (χ4n) is 5.91. The van der Waals surface area contributed by atoms with Crippen molar-refractivity contribution in [3.05, 3.63) is 29.3 Å². The number of piperazine rings is 1. The molecule has 190 valence electrons. The molecule has 7 nitrogen and oxygen atoms in total. The lowest BCUT2D eigenvalue weighted by Gasteiger charge is -2.36. The van der Waals surface area contributed by atoms with E-state index in [1.807, 2.05) is 20.8 Å². The normalized spacial score (nSPS) is 25.4. The minimum Gasteiger partial charge on any atom is -0.444 e. The van der Waals surface area contributed by atoms with Crippen LogP contribution in [-0.4, -0.2) is 72.6 Å². The van der Waals surface area contributed by atoms with E-state index in [0.717, 1.165) is 56.6 Å². The summed E-state index contributed by atoms with van der Waals surface area (Å²) in [5, 5.41) is 9.95. The predicted molar refractivity (Wildman–Crippen MR) is 136 cm³/mol. The molecule has 2 heterocycles. The van der Waals surface area contributed by atoms with Gasteiger partial charge < -0.3 is 14.5 Å². The van der Waals surface area contributed by atoms with Crippen molar-refractivity contribution in [2.75, 3.05) is 38.1 Å². The van der Waals surface area contributed by atoms with Gasteiger partial charge in [-0.1, -0.05) is 6.07 Å². The summed E-state index contributed by atoms with van der Waals surface area (Å²) in [6.45, 7) is 11.7. The summed E-state index contributed by atoms with van der Waals surface area (Å²) in [6.07, 6.45) is 3.06. The van der Waals surface area contributed by atoms with E-state index in [2.05, 4.69) is 48.0 Å². The first kappa shape index (κ1) is 25.5. The van der Waals surface area contributed by atoms with Crippen LogP contribution in [0.15, 0.2) is 18.2 Å². The minimum absolute atomic E-state index is 0.00230. The molecule has 1 saturated carbocycles. The van der Waals surface area contributed by atoms with Crippen LogP contribution in [0.5, 0.6) is 0 Å². The second kappa shape index (κ2) is 10.2. The highest BCUT2D eigenvalue weighted by Crippen LogP contribution is 2.44. The largest absolute Gasteiger partial charge is 0.444 e. The number of benzene rings is 1. The number of carbonyl (C=O) groups excluding carboxylic acids is 2. The predicted octanol–water partition coefficient (Wildman–Crippen LogP) is 4.18. The van der Waals surface area contributed by atoms with E-state index in [9.17, 15) is 14.9 Å². The number of nitrogens with zero attached hydrogens (tertiary/aromatic N) is 4. The van der Waals surface area contributed by atoms with Gasteiger partial charge in [0.05, 0.1) is 18.0 Å². The Bertz CT molecular complexity index is 987. The molecule has 0 aromatic heterocycles. The zero-order valence-corrected chi connectivity index (χ0v) is 21.9. The van der Waals surface area contributed by atoms with Crippen LogP contribution in [0.25, 0.3) is 0 Å². The minimum atomic E-state index is -0.603. The van der Waals surface area contributed by atoms with Crippen molar-refractivity contribution >= 4 is 17.6 Å². The number of ketones is 1. The number of nitriles is 1. The van der Waals surface area contributed by atoms with E-state index in [0.29, 0.717) is 6.42 Å². The number of likely N-dealkylation sites (tertiary alicyclic amines) is 1.